The molecular weight excluding hydrogens is 280 g/mol. The fourth-order valence-electron chi connectivity index (χ4n) is 3.99. The number of alkyl halides is 1. The lowest BCUT2D eigenvalue weighted by atomic mass is 9.54. The standard InChI is InChI=1S/C18H11ClN2/c19-18(10-21)15(9-20)16-11-5-1-3-7-13(11)17(18)14-8-4-2-6-12(14)16/h1-8,15-17H/t15-,16?,17?,18-/m1/s1. The van der Waals surface area contributed by atoms with Gasteiger partial charge in [0, 0.05) is 11.8 Å². The first-order valence-corrected chi connectivity index (χ1v) is 7.27. The zero-order valence-corrected chi connectivity index (χ0v) is 11.9. The average Bonchev–Trinajstić information content (AvgIpc) is 2.54. The van der Waals surface area contributed by atoms with E-state index in [1.807, 2.05) is 36.4 Å². The number of hydrogen-bond donors (Lipinski definition) is 0. The van der Waals surface area contributed by atoms with E-state index in [4.69, 9.17) is 11.6 Å². The molecule has 0 saturated carbocycles. The first-order valence-electron chi connectivity index (χ1n) is 6.89. The van der Waals surface area contributed by atoms with Crippen molar-refractivity contribution >= 4 is 11.6 Å². The van der Waals surface area contributed by atoms with E-state index in [2.05, 4.69) is 24.3 Å². The van der Waals surface area contributed by atoms with E-state index >= 15 is 0 Å². The SMILES string of the molecule is N#C[C@@H]1C2c3ccccc3C(c3ccccc32)[C@@]1(Cl)C#N. The maximum atomic E-state index is 9.69. The number of nitriles is 2. The summed E-state index contributed by atoms with van der Waals surface area (Å²) in [5.74, 6) is -0.894. The Kier molecular flexibility index (Phi) is 2.43. The van der Waals surface area contributed by atoms with E-state index in [1.54, 1.807) is 0 Å². The minimum absolute atomic E-state index is 0.121. The van der Waals surface area contributed by atoms with Crippen LogP contribution in [0.15, 0.2) is 48.5 Å². The Morgan fingerprint density at radius 2 is 1.33 bits per heavy atom. The van der Waals surface area contributed by atoms with Crippen molar-refractivity contribution in [3.63, 3.8) is 0 Å². The van der Waals surface area contributed by atoms with Crippen LogP contribution in [0.4, 0.5) is 0 Å². The molecule has 0 radical (unpaired) electrons. The Bertz CT molecular complexity index is 782. The van der Waals surface area contributed by atoms with Gasteiger partial charge in [0.15, 0.2) is 4.87 Å². The van der Waals surface area contributed by atoms with Crippen LogP contribution >= 0.6 is 11.6 Å². The van der Waals surface area contributed by atoms with Crippen molar-refractivity contribution in [2.24, 2.45) is 5.92 Å². The van der Waals surface area contributed by atoms with Gasteiger partial charge >= 0.3 is 0 Å². The summed E-state index contributed by atoms with van der Waals surface area (Å²) in [6, 6.07) is 20.6. The zero-order chi connectivity index (χ0) is 14.6. The molecule has 2 aromatic rings. The van der Waals surface area contributed by atoms with Gasteiger partial charge in [0.05, 0.1) is 18.1 Å². The van der Waals surface area contributed by atoms with Gasteiger partial charge in [-0.15, -0.1) is 11.6 Å². The summed E-state index contributed by atoms with van der Waals surface area (Å²) >= 11 is 6.69. The normalized spacial score (nSPS) is 31.7. The smallest absolute Gasteiger partial charge is 0.158 e. The molecule has 3 heteroatoms. The van der Waals surface area contributed by atoms with Gasteiger partial charge in [0.25, 0.3) is 0 Å². The summed E-state index contributed by atoms with van der Waals surface area (Å²) in [6.45, 7) is 0. The third-order valence-electron chi connectivity index (χ3n) is 4.80. The Hall–Kier alpha value is -2.29. The van der Waals surface area contributed by atoms with Crippen LogP contribution in [0.2, 0.25) is 0 Å². The van der Waals surface area contributed by atoms with Gasteiger partial charge in [-0.3, -0.25) is 0 Å². The van der Waals surface area contributed by atoms with Gasteiger partial charge in [-0.25, -0.2) is 0 Å². The highest BCUT2D eigenvalue weighted by Crippen LogP contribution is 2.61. The van der Waals surface area contributed by atoms with Crippen LogP contribution in [-0.2, 0) is 0 Å². The molecule has 0 saturated heterocycles. The predicted octanol–water partition coefficient (Wildman–Crippen LogP) is 3.92. The molecule has 2 bridgehead atoms. The van der Waals surface area contributed by atoms with Crippen molar-refractivity contribution < 1.29 is 0 Å². The fraction of sp³-hybridized carbons (Fsp3) is 0.222. The molecule has 0 amide bonds. The molecule has 2 aromatic carbocycles. The highest BCUT2D eigenvalue weighted by atomic mass is 35.5. The Labute approximate surface area is 128 Å². The molecule has 21 heavy (non-hydrogen) atoms. The molecule has 2 nitrogen and oxygen atoms in total. The van der Waals surface area contributed by atoms with Gasteiger partial charge in [-0.2, -0.15) is 10.5 Å². The van der Waals surface area contributed by atoms with Gasteiger partial charge in [0.1, 0.15) is 0 Å². The molecule has 3 aliphatic carbocycles. The summed E-state index contributed by atoms with van der Waals surface area (Å²) < 4.78 is 0. The monoisotopic (exact) mass is 290 g/mol. The van der Waals surface area contributed by atoms with Gasteiger partial charge in [-0.1, -0.05) is 48.5 Å². The summed E-state index contributed by atoms with van der Waals surface area (Å²) in [7, 11) is 0. The number of halogens is 1. The summed E-state index contributed by atoms with van der Waals surface area (Å²) in [5.41, 5.74) is 4.45. The number of fused-ring (bicyclic) bond motifs is 1. The van der Waals surface area contributed by atoms with E-state index in [9.17, 15) is 10.5 Å². The second-order valence-electron chi connectivity index (χ2n) is 5.66. The lowest BCUT2D eigenvalue weighted by molar-refractivity contribution is 0.377. The lowest BCUT2D eigenvalue weighted by Crippen LogP contribution is -2.49. The number of benzene rings is 2. The Balaban J connectivity index is 2.13. The Morgan fingerprint density at radius 3 is 1.76 bits per heavy atom. The maximum absolute atomic E-state index is 9.69. The van der Waals surface area contributed by atoms with Crippen LogP contribution < -0.4 is 0 Å². The molecule has 0 spiro atoms. The van der Waals surface area contributed by atoms with Crippen molar-refractivity contribution in [1.29, 1.82) is 10.5 Å². The van der Waals surface area contributed by atoms with Crippen LogP contribution in [0, 0.1) is 28.6 Å². The summed E-state index contributed by atoms with van der Waals surface area (Å²) in [4.78, 5) is -1.19. The third kappa shape index (κ3) is 1.36. The number of nitrogens with zero attached hydrogens (tertiary/aromatic N) is 2. The molecule has 0 heterocycles. The van der Waals surface area contributed by atoms with Crippen molar-refractivity contribution in [1.82, 2.24) is 0 Å². The van der Waals surface area contributed by atoms with E-state index in [0.29, 0.717) is 0 Å². The van der Waals surface area contributed by atoms with Crippen molar-refractivity contribution in [3.05, 3.63) is 70.8 Å². The first kappa shape index (κ1) is 12.5. The van der Waals surface area contributed by atoms with E-state index in [0.717, 1.165) is 22.3 Å². The second-order valence-corrected chi connectivity index (χ2v) is 6.28. The molecule has 0 N–H and O–H groups in total. The number of hydrogen-bond acceptors (Lipinski definition) is 2. The molecule has 100 valence electrons. The van der Waals surface area contributed by atoms with Crippen molar-refractivity contribution in [3.8, 4) is 12.1 Å². The van der Waals surface area contributed by atoms with Gasteiger partial charge in [-0.05, 0) is 22.3 Å². The number of rotatable bonds is 0. The average molecular weight is 291 g/mol. The van der Waals surface area contributed by atoms with Gasteiger partial charge in [0.2, 0.25) is 0 Å². The molecule has 0 aliphatic heterocycles. The molecule has 0 unspecified atom stereocenters. The molecule has 2 atom stereocenters. The molecule has 0 fully saturated rings. The van der Waals surface area contributed by atoms with Crippen molar-refractivity contribution in [2.75, 3.05) is 0 Å². The first-order chi connectivity index (χ1) is 10.2. The van der Waals surface area contributed by atoms with Crippen LogP contribution in [-0.4, -0.2) is 4.87 Å². The van der Waals surface area contributed by atoms with Gasteiger partial charge < -0.3 is 0 Å². The topological polar surface area (TPSA) is 47.6 Å². The predicted molar refractivity (Wildman–Crippen MR) is 79.9 cm³/mol. The van der Waals surface area contributed by atoms with Crippen LogP contribution in [0.5, 0.6) is 0 Å². The molecular formula is C18H11ClN2. The third-order valence-corrected chi connectivity index (χ3v) is 5.34. The highest BCUT2D eigenvalue weighted by Gasteiger charge is 2.59. The quantitative estimate of drug-likeness (QED) is 0.690. The minimum atomic E-state index is -1.19. The van der Waals surface area contributed by atoms with E-state index < -0.39 is 10.8 Å². The largest absolute Gasteiger partial charge is 0.198 e. The highest BCUT2D eigenvalue weighted by molar-refractivity contribution is 6.27. The van der Waals surface area contributed by atoms with Crippen LogP contribution in [0.3, 0.4) is 0 Å². The van der Waals surface area contributed by atoms with E-state index in [-0.39, 0.29) is 11.8 Å². The zero-order valence-electron chi connectivity index (χ0n) is 11.1. The summed E-state index contributed by atoms with van der Waals surface area (Å²) in [6.07, 6.45) is 0. The second kappa shape index (κ2) is 4.10. The maximum Gasteiger partial charge on any atom is 0.158 e. The van der Waals surface area contributed by atoms with Crippen LogP contribution in [0.25, 0.3) is 0 Å². The van der Waals surface area contributed by atoms with Crippen LogP contribution in [0.1, 0.15) is 34.1 Å². The van der Waals surface area contributed by atoms with E-state index in [1.165, 1.54) is 0 Å². The van der Waals surface area contributed by atoms with Crippen molar-refractivity contribution in [2.45, 2.75) is 16.7 Å². The lowest BCUT2D eigenvalue weighted by Gasteiger charge is -2.49. The molecule has 5 rings (SSSR count). The summed E-state index contributed by atoms with van der Waals surface area (Å²) in [5, 5.41) is 19.3. The fourth-order valence-corrected chi connectivity index (χ4v) is 4.40. The Morgan fingerprint density at radius 1 is 0.857 bits per heavy atom. The minimum Gasteiger partial charge on any atom is -0.198 e. The molecule has 3 aliphatic rings. The molecule has 0 aromatic heterocycles.